The summed E-state index contributed by atoms with van der Waals surface area (Å²) >= 11 is 3.45. The van der Waals surface area contributed by atoms with Gasteiger partial charge in [-0.25, -0.2) is 0 Å². The van der Waals surface area contributed by atoms with Crippen molar-refractivity contribution in [3.8, 4) is 5.75 Å². The molecule has 0 atom stereocenters. The highest BCUT2D eigenvalue weighted by Gasteiger charge is 2.03. The lowest BCUT2D eigenvalue weighted by Crippen LogP contribution is -1.94. The number of rotatable bonds is 5. The third-order valence-electron chi connectivity index (χ3n) is 2.33. The molecule has 0 N–H and O–H groups in total. The molecule has 14 heavy (non-hydrogen) atoms. The maximum atomic E-state index is 5.33. The third kappa shape index (κ3) is 3.02. The van der Waals surface area contributed by atoms with Crippen LogP contribution in [0, 0.1) is 0 Å². The summed E-state index contributed by atoms with van der Waals surface area (Å²) in [5.74, 6) is 1.02. The zero-order valence-corrected chi connectivity index (χ0v) is 10.4. The van der Waals surface area contributed by atoms with Gasteiger partial charge in [-0.2, -0.15) is 0 Å². The SMILES string of the molecule is CCc1ccc(OC)c(CCCBr)c1. The molecule has 0 amide bonds. The predicted octanol–water partition coefficient (Wildman–Crippen LogP) is 3.59. The normalized spacial score (nSPS) is 10.2. The molecular weight excluding hydrogens is 240 g/mol. The summed E-state index contributed by atoms with van der Waals surface area (Å²) in [4.78, 5) is 0. The first-order valence-electron chi connectivity index (χ1n) is 5.03. The number of ether oxygens (including phenoxy) is 1. The maximum absolute atomic E-state index is 5.33. The zero-order valence-electron chi connectivity index (χ0n) is 8.85. The van der Waals surface area contributed by atoms with E-state index in [1.807, 2.05) is 0 Å². The Balaban J connectivity index is 2.84. The Kier molecular flexibility index (Phi) is 5.02. The minimum Gasteiger partial charge on any atom is -0.496 e. The molecule has 0 heterocycles. The van der Waals surface area contributed by atoms with Crippen LogP contribution in [0.3, 0.4) is 0 Å². The van der Waals surface area contributed by atoms with Gasteiger partial charge in [-0.15, -0.1) is 0 Å². The van der Waals surface area contributed by atoms with Crippen LogP contribution in [0.15, 0.2) is 18.2 Å². The van der Waals surface area contributed by atoms with Crippen molar-refractivity contribution in [2.45, 2.75) is 26.2 Å². The van der Waals surface area contributed by atoms with Crippen LogP contribution < -0.4 is 4.74 Å². The average Bonchev–Trinajstić information content (AvgIpc) is 2.25. The average molecular weight is 257 g/mol. The third-order valence-corrected chi connectivity index (χ3v) is 2.89. The van der Waals surface area contributed by atoms with E-state index in [0.717, 1.165) is 30.3 Å². The van der Waals surface area contributed by atoms with Crippen molar-refractivity contribution in [1.82, 2.24) is 0 Å². The van der Waals surface area contributed by atoms with E-state index in [1.165, 1.54) is 11.1 Å². The van der Waals surface area contributed by atoms with Crippen LogP contribution in [0.5, 0.6) is 5.75 Å². The van der Waals surface area contributed by atoms with Crippen LogP contribution in [0.1, 0.15) is 24.5 Å². The van der Waals surface area contributed by atoms with Gasteiger partial charge in [0.25, 0.3) is 0 Å². The Hall–Kier alpha value is -0.500. The summed E-state index contributed by atoms with van der Waals surface area (Å²) in [5.41, 5.74) is 2.71. The molecule has 0 fully saturated rings. The van der Waals surface area contributed by atoms with E-state index in [-0.39, 0.29) is 0 Å². The quantitative estimate of drug-likeness (QED) is 0.732. The van der Waals surface area contributed by atoms with Gasteiger partial charge in [0.05, 0.1) is 7.11 Å². The van der Waals surface area contributed by atoms with E-state index in [4.69, 9.17) is 4.74 Å². The largest absolute Gasteiger partial charge is 0.496 e. The number of alkyl halides is 1. The first-order chi connectivity index (χ1) is 6.81. The number of hydrogen-bond acceptors (Lipinski definition) is 1. The van der Waals surface area contributed by atoms with Crippen molar-refractivity contribution >= 4 is 15.9 Å². The van der Waals surface area contributed by atoms with Gasteiger partial charge in [0.15, 0.2) is 0 Å². The fraction of sp³-hybridized carbons (Fsp3) is 0.500. The van der Waals surface area contributed by atoms with E-state index in [9.17, 15) is 0 Å². The molecule has 1 aromatic rings. The zero-order chi connectivity index (χ0) is 10.4. The van der Waals surface area contributed by atoms with Crippen molar-refractivity contribution in [3.63, 3.8) is 0 Å². The predicted molar refractivity (Wildman–Crippen MR) is 64.5 cm³/mol. The van der Waals surface area contributed by atoms with Gasteiger partial charge >= 0.3 is 0 Å². The number of benzene rings is 1. The van der Waals surface area contributed by atoms with Gasteiger partial charge in [-0.1, -0.05) is 35.0 Å². The Labute approximate surface area is 94.6 Å². The number of aryl methyl sites for hydroxylation is 2. The van der Waals surface area contributed by atoms with Crippen LogP contribution in [0.25, 0.3) is 0 Å². The van der Waals surface area contributed by atoms with Crippen molar-refractivity contribution in [2.75, 3.05) is 12.4 Å². The summed E-state index contributed by atoms with van der Waals surface area (Å²) in [6.45, 7) is 2.18. The molecule has 0 saturated carbocycles. The first kappa shape index (κ1) is 11.6. The second kappa shape index (κ2) is 6.07. The van der Waals surface area contributed by atoms with Gasteiger partial charge in [0, 0.05) is 5.33 Å². The smallest absolute Gasteiger partial charge is 0.122 e. The molecule has 0 aliphatic carbocycles. The molecule has 0 bridgehead atoms. The van der Waals surface area contributed by atoms with Gasteiger partial charge < -0.3 is 4.74 Å². The molecule has 0 radical (unpaired) electrons. The fourth-order valence-corrected chi connectivity index (χ4v) is 1.78. The number of halogens is 1. The van der Waals surface area contributed by atoms with Crippen LogP contribution >= 0.6 is 15.9 Å². The Morgan fingerprint density at radius 2 is 2.14 bits per heavy atom. The van der Waals surface area contributed by atoms with E-state index >= 15 is 0 Å². The van der Waals surface area contributed by atoms with Crippen LogP contribution in [-0.2, 0) is 12.8 Å². The summed E-state index contributed by atoms with van der Waals surface area (Å²) < 4.78 is 5.33. The lowest BCUT2D eigenvalue weighted by molar-refractivity contribution is 0.409. The lowest BCUT2D eigenvalue weighted by atomic mass is 10.0. The van der Waals surface area contributed by atoms with E-state index in [2.05, 4.69) is 41.1 Å². The van der Waals surface area contributed by atoms with E-state index in [0.29, 0.717) is 0 Å². The van der Waals surface area contributed by atoms with Crippen molar-refractivity contribution in [3.05, 3.63) is 29.3 Å². The topological polar surface area (TPSA) is 9.23 Å². The molecular formula is C12H17BrO. The van der Waals surface area contributed by atoms with Gasteiger partial charge in [0.1, 0.15) is 5.75 Å². The summed E-state index contributed by atoms with van der Waals surface area (Å²) in [7, 11) is 1.73. The highest BCUT2D eigenvalue weighted by molar-refractivity contribution is 9.09. The highest BCUT2D eigenvalue weighted by atomic mass is 79.9. The van der Waals surface area contributed by atoms with Crippen molar-refractivity contribution in [1.29, 1.82) is 0 Å². The molecule has 0 aromatic heterocycles. The molecule has 1 nitrogen and oxygen atoms in total. The Morgan fingerprint density at radius 1 is 1.36 bits per heavy atom. The molecule has 78 valence electrons. The van der Waals surface area contributed by atoms with Crippen molar-refractivity contribution in [2.24, 2.45) is 0 Å². The fourth-order valence-electron chi connectivity index (χ4n) is 1.50. The standard InChI is InChI=1S/C12H17BrO/c1-3-10-6-7-12(14-2)11(9-10)5-4-8-13/h6-7,9H,3-5,8H2,1-2H3. The molecule has 0 spiro atoms. The molecule has 2 heteroatoms. The molecule has 0 aliphatic heterocycles. The highest BCUT2D eigenvalue weighted by Crippen LogP contribution is 2.21. The lowest BCUT2D eigenvalue weighted by Gasteiger charge is -2.09. The monoisotopic (exact) mass is 256 g/mol. The van der Waals surface area contributed by atoms with E-state index in [1.54, 1.807) is 7.11 Å². The second-order valence-corrected chi connectivity index (χ2v) is 4.09. The van der Waals surface area contributed by atoms with E-state index < -0.39 is 0 Å². The number of hydrogen-bond donors (Lipinski definition) is 0. The van der Waals surface area contributed by atoms with Crippen LogP contribution in [0.4, 0.5) is 0 Å². The minimum atomic E-state index is 1.02. The molecule has 1 aromatic carbocycles. The van der Waals surface area contributed by atoms with Crippen molar-refractivity contribution < 1.29 is 4.74 Å². The van der Waals surface area contributed by atoms with Crippen LogP contribution in [-0.4, -0.2) is 12.4 Å². The number of methoxy groups -OCH3 is 1. The first-order valence-corrected chi connectivity index (χ1v) is 6.15. The molecule has 0 unspecified atom stereocenters. The van der Waals surface area contributed by atoms with Gasteiger partial charge in [0.2, 0.25) is 0 Å². The summed E-state index contributed by atoms with van der Waals surface area (Å²) in [5, 5.41) is 1.05. The Morgan fingerprint density at radius 3 is 2.71 bits per heavy atom. The van der Waals surface area contributed by atoms with Gasteiger partial charge in [-0.3, -0.25) is 0 Å². The van der Waals surface area contributed by atoms with Gasteiger partial charge in [-0.05, 0) is 36.5 Å². The Bertz CT molecular complexity index is 284. The summed E-state index contributed by atoms with van der Waals surface area (Å²) in [6.07, 6.45) is 3.33. The molecule has 1 rings (SSSR count). The summed E-state index contributed by atoms with van der Waals surface area (Å²) in [6, 6.07) is 6.46. The second-order valence-electron chi connectivity index (χ2n) is 3.29. The van der Waals surface area contributed by atoms with Crippen LogP contribution in [0.2, 0.25) is 0 Å². The minimum absolute atomic E-state index is 1.02. The maximum Gasteiger partial charge on any atom is 0.122 e. The molecule has 0 saturated heterocycles. The molecule has 0 aliphatic rings.